The molecule has 176 valence electrons. The average Bonchev–Trinajstić information content (AvgIpc) is 3.07. The Morgan fingerprint density at radius 2 is 1.82 bits per heavy atom. The van der Waals surface area contributed by atoms with Gasteiger partial charge in [-0.05, 0) is 51.2 Å². The van der Waals surface area contributed by atoms with Crippen molar-refractivity contribution in [1.29, 1.82) is 0 Å². The average molecular weight is 453 g/mol. The van der Waals surface area contributed by atoms with E-state index in [0.29, 0.717) is 42.2 Å². The molecule has 0 saturated carbocycles. The Morgan fingerprint density at radius 1 is 1.09 bits per heavy atom. The van der Waals surface area contributed by atoms with E-state index in [0.717, 1.165) is 13.0 Å². The quantitative estimate of drug-likeness (QED) is 0.335. The molecule has 7 heteroatoms. The molecule has 0 spiro atoms. The maximum Gasteiger partial charge on any atom is 0.295 e. The van der Waals surface area contributed by atoms with E-state index < -0.39 is 17.7 Å². The normalized spacial score (nSPS) is 17.6. The molecule has 1 saturated heterocycles. The van der Waals surface area contributed by atoms with E-state index in [2.05, 4.69) is 0 Å². The van der Waals surface area contributed by atoms with Crippen LogP contribution in [0.15, 0.2) is 54.1 Å². The SMILES string of the molecule is CCCOc1ccc([C@@H]2/C(=C(\O)c3ccccc3)C(=O)C(=O)N2CCCN(C)C)cc1OC. The molecule has 0 bridgehead atoms. The number of aliphatic hydroxyl groups is 1. The summed E-state index contributed by atoms with van der Waals surface area (Å²) in [4.78, 5) is 29.7. The molecule has 1 amide bonds. The number of Topliss-reactive ketones (excluding diaryl/α,β-unsaturated/α-hetero) is 1. The van der Waals surface area contributed by atoms with Gasteiger partial charge in [0, 0.05) is 12.1 Å². The third-order valence-corrected chi connectivity index (χ3v) is 5.56. The van der Waals surface area contributed by atoms with Gasteiger partial charge >= 0.3 is 0 Å². The molecule has 1 N–H and O–H groups in total. The first-order valence-electron chi connectivity index (χ1n) is 11.2. The Balaban J connectivity index is 2.09. The standard InChI is InChI=1S/C26H32N2O5/c1-5-16-33-20-13-12-19(17-21(20)32-4)23-22(24(29)18-10-7-6-8-11-18)25(30)26(31)28(23)15-9-14-27(2)3/h6-8,10-13,17,23,29H,5,9,14-16H2,1-4H3/b24-22+/t23-/m1/s1. The summed E-state index contributed by atoms with van der Waals surface area (Å²) in [6, 6.07) is 13.5. The Morgan fingerprint density at radius 3 is 2.45 bits per heavy atom. The van der Waals surface area contributed by atoms with Crippen LogP contribution in [0.1, 0.15) is 36.9 Å². The molecule has 2 aromatic rings. The summed E-state index contributed by atoms with van der Waals surface area (Å²) in [7, 11) is 5.47. The molecule has 0 radical (unpaired) electrons. The van der Waals surface area contributed by atoms with Gasteiger partial charge < -0.3 is 24.4 Å². The van der Waals surface area contributed by atoms with Crippen molar-refractivity contribution in [1.82, 2.24) is 9.80 Å². The number of aliphatic hydroxyl groups excluding tert-OH is 1. The molecule has 0 aliphatic carbocycles. The van der Waals surface area contributed by atoms with Crippen molar-refractivity contribution < 1.29 is 24.2 Å². The highest BCUT2D eigenvalue weighted by Gasteiger charge is 2.46. The molecule has 0 unspecified atom stereocenters. The minimum absolute atomic E-state index is 0.0836. The Bertz CT molecular complexity index is 1020. The zero-order valence-electron chi connectivity index (χ0n) is 19.7. The van der Waals surface area contributed by atoms with Crippen molar-refractivity contribution in [2.45, 2.75) is 25.8 Å². The van der Waals surface area contributed by atoms with Gasteiger partial charge in [-0.1, -0.05) is 43.3 Å². The predicted molar refractivity (Wildman–Crippen MR) is 127 cm³/mol. The van der Waals surface area contributed by atoms with E-state index >= 15 is 0 Å². The molecular weight excluding hydrogens is 420 g/mol. The summed E-state index contributed by atoms with van der Waals surface area (Å²) in [5.41, 5.74) is 1.25. The highest BCUT2D eigenvalue weighted by atomic mass is 16.5. The number of benzene rings is 2. The minimum Gasteiger partial charge on any atom is -0.507 e. The number of hydrogen-bond acceptors (Lipinski definition) is 6. The molecular formula is C26H32N2O5. The number of hydrogen-bond donors (Lipinski definition) is 1. The second-order valence-corrected chi connectivity index (χ2v) is 8.27. The van der Waals surface area contributed by atoms with Crippen LogP contribution in [0.25, 0.3) is 5.76 Å². The maximum absolute atomic E-state index is 13.1. The highest BCUT2D eigenvalue weighted by molar-refractivity contribution is 6.46. The molecule has 1 heterocycles. The number of carbonyl (C=O) groups is 2. The van der Waals surface area contributed by atoms with Gasteiger partial charge in [-0.2, -0.15) is 0 Å². The van der Waals surface area contributed by atoms with Crippen molar-refractivity contribution in [2.75, 3.05) is 40.9 Å². The van der Waals surface area contributed by atoms with E-state index in [1.54, 1.807) is 48.4 Å². The van der Waals surface area contributed by atoms with E-state index in [-0.39, 0.29) is 11.3 Å². The first-order chi connectivity index (χ1) is 15.9. The highest BCUT2D eigenvalue weighted by Crippen LogP contribution is 2.42. The number of rotatable bonds is 10. The Labute approximate surface area is 195 Å². The van der Waals surface area contributed by atoms with Gasteiger partial charge in [0.15, 0.2) is 11.5 Å². The van der Waals surface area contributed by atoms with Crippen molar-refractivity contribution in [3.63, 3.8) is 0 Å². The number of ether oxygens (including phenoxy) is 2. The summed E-state index contributed by atoms with van der Waals surface area (Å²) < 4.78 is 11.3. The summed E-state index contributed by atoms with van der Waals surface area (Å²) in [5.74, 6) is -0.368. The lowest BCUT2D eigenvalue weighted by molar-refractivity contribution is -0.139. The molecule has 2 aromatic carbocycles. The third-order valence-electron chi connectivity index (χ3n) is 5.56. The van der Waals surface area contributed by atoms with Crippen LogP contribution in [-0.4, -0.2) is 67.5 Å². The fourth-order valence-corrected chi connectivity index (χ4v) is 3.95. The van der Waals surface area contributed by atoms with E-state index in [9.17, 15) is 14.7 Å². The Hall–Kier alpha value is -3.32. The summed E-state index contributed by atoms with van der Waals surface area (Å²) in [6.07, 6.45) is 1.55. The molecule has 0 aromatic heterocycles. The molecule has 1 fully saturated rings. The second-order valence-electron chi connectivity index (χ2n) is 8.27. The summed E-state index contributed by atoms with van der Waals surface area (Å²) in [5, 5.41) is 11.1. The fourth-order valence-electron chi connectivity index (χ4n) is 3.95. The summed E-state index contributed by atoms with van der Waals surface area (Å²) in [6.45, 7) is 3.72. The van der Waals surface area contributed by atoms with Gasteiger partial charge in [-0.25, -0.2) is 0 Å². The van der Waals surface area contributed by atoms with E-state index in [4.69, 9.17) is 9.47 Å². The van der Waals surface area contributed by atoms with Gasteiger partial charge in [-0.15, -0.1) is 0 Å². The number of amides is 1. The van der Waals surface area contributed by atoms with Gasteiger partial charge in [-0.3, -0.25) is 9.59 Å². The molecule has 3 rings (SSSR count). The van der Waals surface area contributed by atoms with Crippen LogP contribution in [0.3, 0.4) is 0 Å². The zero-order valence-corrected chi connectivity index (χ0v) is 19.7. The summed E-state index contributed by atoms with van der Waals surface area (Å²) >= 11 is 0. The van der Waals surface area contributed by atoms with Crippen LogP contribution < -0.4 is 9.47 Å². The topological polar surface area (TPSA) is 79.3 Å². The van der Waals surface area contributed by atoms with Crippen LogP contribution in [0.5, 0.6) is 11.5 Å². The third kappa shape index (κ3) is 5.37. The van der Waals surface area contributed by atoms with Crippen molar-refractivity contribution in [3.8, 4) is 11.5 Å². The first-order valence-corrected chi connectivity index (χ1v) is 11.2. The number of likely N-dealkylation sites (tertiary alicyclic amines) is 1. The van der Waals surface area contributed by atoms with Crippen molar-refractivity contribution in [3.05, 3.63) is 65.2 Å². The van der Waals surface area contributed by atoms with E-state index in [1.807, 2.05) is 38.1 Å². The number of nitrogens with zero attached hydrogens (tertiary/aromatic N) is 2. The molecule has 33 heavy (non-hydrogen) atoms. The fraction of sp³-hybridized carbons (Fsp3) is 0.385. The largest absolute Gasteiger partial charge is 0.507 e. The lowest BCUT2D eigenvalue weighted by atomic mass is 9.95. The lowest BCUT2D eigenvalue weighted by Crippen LogP contribution is -2.32. The molecule has 7 nitrogen and oxygen atoms in total. The molecule has 1 aliphatic rings. The smallest absolute Gasteiger partial charge is 0.295 e. The van der Waals surface area contributed by atoms with Gasteiger partial charge in [0.05, 0.1) is 25.3 Å². The van der Waals surface area contributed by atoms with Crippen LogP contribution >= 0.6 is 0 Å². The van der Waals surface area contributed by atoms with Gasteiger partial charge in [0.2, 0.25) is 0 Å². The number of ketones is 1. The van der Waals surface area contributed by atoms with Crippen LogP contribution in [0.2, 0.25) is 0 Å². The maximum atomic E-state index is 13.1. The van der Waals surface area contributed by atoms with Crippen LogP contribution in [-0.2, 0) is 9.59 Å². The number of carbonyl (C=O) groups excluding carboxylic acids is 2. The van der Waals surface area contributed by atoms with Gasteiger partial charge in [0.1, 0.15) is 5.76 Å². The lowest BCUT2D eigenvalue weighted by Gasteiger charge is -2.26. The monoisotopic (exact) mass is 452 g/mol. The van der Waals surface area contributed by atoms with Crippen LogP contribution in [0.4, 0.5) is 0 Å². The predicted octanol–water partition coefficient (Wildman–Crippen LogP) is 3.86. The molecule has 1 atom stereocenters. The zero-order chi connectivity index (χ0) is 24.0. The molecule has 1 aliphatic heterocycles. The Kier molecular flexibility index (Phi) is 8.11. The van der Waals surface area contributed by atoms with E-state index in [1.165, 1.54) is 0 Å². The second kappa shape index (κ2) is 11.0. The van der Waals surface area contributed by atoms with Crippen molar-refractivity contribution >= 4 is 17.4 Å². The number of methoxy groups -OCH3 is 1. The first kappa shape index (κ1) is 24.3. The minimum atomic E-state index is -0.721. The van der Waals surface area contributed by atoms with Crippen LogP contribution in [0, 0.1) is 0 Å². The van der Waals surface area contributed by atoms with Gasteiger partial charge in [0.25, 0.3) is 11.7 Å². The van der Waals surface area contributed by atoms with Crippen molar-refractivity contribution in [2.24, 2.45) is 0 Å².